The zero-order valence-electron chi connectivity index (χ0n) is 14.3. The summed E-state index contributed by atoms with van der Waals surface area (Å²) < 4.78 is 0. The van der Waals surface area contributed by atoms with Crippen molar-refractivity contribution in [3.63, 3.8) is 0 Å². The fourth-order valence-electron chi connectivity index (χ4n) is 3.01. The third kappa shape index (κ3) is 4.42. The summed E-state index contributed by atoms with van der Waals surface area (Å²) in [4.78, 5) is 27.5. The van der Waals surface area contributed by atoms with Crippen LogP contribution in [-0.4, -0.2) is 31.2 Å². The number of benzene rings is 2. The van der Waals surface area contributed by atoms with Gasteiger partial charge >= 0.3 is 0 Å². The molecule has 4 nitrogen and oxygen atoms in total. The second kappa shape index (κ2) is 8.21. The van der Waals surface area contributed by atoms with Gasteiger partial charge in [-0.1, -0.05) is 30.3 Å². The van der Waals surface area contributed by atoms with Crippen molar-refractivity contribution in [1.29, 1.82) is 0 Å². The van der Waals surface area contributed by atoms with Crippen LogP contribution in [0.1, 0.15) is 12.0 Å². The van der Waals surface area contributed by atoms with E-state index < -0.39 is 0 Å². The van der Waals surface area contributed by atoms with Crippen LogP contribution >= 0.6 is 11.8 Å². The van der Waals surface area contributed by atoms with Gasteiger partial charge in [-0.25, -0.2) is 0 Å². The Morgan fingerprint density at radius 2 is 1.88 bits per heavy atom. The monoisotopic (exact) mass is 354 g/mol. The zero-order valence-corrected chi connectivity index (χ0v) is 15.1. The molecule has 0 unspecified atom stereocenters. The van der Waals surface area contributed by atoms with Crippen molar-refractivity contribution in [2.45, 2.75) is 17.7 Å². The molecule has 1 atom stereocenters. The Hall–Kier alpha value is -2.27. The highest BCUT2D eigenvalue weighted by Gasteiger charge is 2.34. The molecule has 0 spiro atoms. The Labute approximate surface area is 152 Å². The van der Waals surface area contributed by atoms with Gasteiger partial charge in [0.15, 0.2) is 0 Å². The van der Waals surface area contributed by atoms with Crippen molar-refractivity contribution in [1.82, 2.24) is 5.32 Å². The SMILES string of the molecule is CSc1ccc(N2C[C@@H](C(=O)NCCc3ccccc3)CC2=O)cc1. The van der Waals surface area contributed by atoms with Gasteiger partial charge in [0.2, 0.25) is 11.8 Å². The lowest BCUT2D eigenvalue weighted by Gasteiger charge is -2.17. The zero-order chi connectivity index (χ0) is 17.6. The van der Waals surface area contributed by atoms with E-state index in [0.717, 1.165) is 17.0 Å². The number of amides is 2. The minimum Gasteiger partial charge on any atom is -0.355 e. The van der Waals surface area contributed by atoms with E-state index >= 15 is 0 Å². The highest BCUT2D eigenvalue weighted by Crippen LogP contribution is 2.27. The topological polar surface area (TPSA) is 49.4 Å². The van der Waals surface area contributed by atoms with Crippen LogP contribution in [0.2, 0.25) is 0 Å². The van der Waals surface area contributed by atoms with Crippen molar-refractivity contribution < 1.29 is 9.59 Å². The Balaban J connectivity index is 1.53. The second-order valence-electron chi connectivity index (χ2n) is 6.13. The summed E-state index contributed by atoms with van der Waals surface area (Å²) in [5.41, 5.74) is 2.06. The molecule has 0 saturated carbocycles. The Morgan fingerprint density at radius 1 is 1.16 bits per heavy atom. The number of nitrogens with one attached hydrogen (secondary N) is 1. The molecule has 1 N–H and O–H groups in total. The summed E-state index contributed by atoms with van der Waals surface area (Å²) in [5.74, 6) is -0.295. The minimum atomic E-state index is -0.275. The number of rotatable bonds is 6. The molecule has 0 bridgehead atoms. The van der Waals surface area contributed by atoms with Crippen molar-refractivity contribution in [2.24, 2.45) is 5.92 Å². The van der Waals surface area contributed by atoms with Gasteiger partial charge in [0.05, 0.1) is 5.92 Å². The molecule has 1 fully saturated rings. The van der Waals surface area contributed by atoms with Crippen LogP contribution in [0.3, 0.4) is 0 Å². The molecule has 1 aliphatic heterocycles. The molecule has 0 radical (unpaired) electrons. The lowest BCUT2D eigenvalue weighted by atomic mass is 10.1. The largest absolute Gasteiger partial charge is 0.355 e. The van der Waals surface area contributed by atoms with E-state index in [1.54, 1.807) is 16.7 Å². The average Bonchev–Trinajstić information content (AvgIpc) is 3.04. The second-order valence-corrected chi connectivity index (χ2v) is 7.01. The number of carbonyl (C=O) groups excluding carboxylic acids is 2. The summed E-state index contributed by atoms with van der Waals surface area (Å²) in [5, 5.41) is 2.96. The van der Waals surface area contributed by atoms with Gasteiger partial charge in [-0.05, 0) is 42.5 Å². The maximum atomic E-state index is 12.4. The molecule has 130 valence electrons. The standard InChI is InChI=1S/C20H22N2O2S/c1-25-18-9-7-17(8-10-18)22-14-16(13-19(22)23)20(24)21-12-11-15-5-3-2-4-6-15/h2-10,16H,11-14H2,1H3,(H,21,24)/t16-/m0/s1. The van der Waals surface area contributed by atoms with E-state index in [-0.39, 0.29) is 24.2 Å². The summed E-state index contributed by atoms with van der Waals surface area (Å²) in [6, 6.07) is 17.9. The molecule has 3 rings (SSSR count). The van der Waals surface area contributed by atoms with Crippen molar-refractivity contribution in [2.75, 3.05) is 24.2 Å². The molecule has 0 aliphatic carbocycles. The number of hydrogen-bond donors (Lipinski definition) is 1. The van der Waals surface area contributed by atoms with Crippen LogP contribution in [0, 0.1) is 5.92 Å². The fraction of sp³-hybridized carbons (Fsp3) is 0.300. The first kappa shape index (κ1) is 17.5. The normalized spacial score (nSPS) is 16.9. The fourth-order valence-corrected chi connectivity index (χ4v) is 3.42. The lowest BCUT2D eigenvalue weighted by molar-refractivity contribution is -0.126. The van der Waals surface area contributed by atoms with Crippen LogP contribution in [-0.2, 0) is 16.0 Å². The van der Waals surface area contributed by atoms with Crippen LogP contribution in [0.15, 0.2) is 59.5 Å². The highest BCUT2D eigenvalue weighted by molar-refractivity contribution is 7.98. The molecular formula is C20H22N2O2S. The lowest BCUT2D eigenvalue weighted by Crippen LogP contribution is -2.34. The van der Waals surface area contributed by atoms with E-state index in [1.165, 1.54) is 5.56 Å². The number of anilines is 1. The third-order valence-electron chi connectivity index (χ3n) is 4.44. The summed E-state index contributed by atoms with van der Waals surface area (Å²) in [6.07, 6.45) is 3.10. The van der Waals surface area contributed by atoms with Gasteiger partial charge in [-0.2, -0.15) is 0 Å². The van der Waals surface area contributed by atoms with Crippen LogP contribution in [0.5, 0.6) is 0 Å². The van der Waals surface area contributed by atoms with Gasteiger partial charge in [0.1, 0.15) is 0 Å². The maximum Gasteiger partial charge on any atom is 0.227 e. The third-order valence-corrected chi connectivity index (χ3v) is 5.18. The molecule has 25 heavy (non-hydrogen) atoms. The molecule has 2 aromatic rings. The van der Waals surface area contributed by atoms with Gasteiger partial charge in [0.25, 0.3) is 0 Å². The Kier molecular flexibility index (Phi) is 5.76. The number of thioether (sulfide) groups is 1. The summed E-state index contributed by atoms with van der Waals surface area (Å²) in [6.45, 7) is 1.05. The van der Waals surface area contributed by atoms with E-state index in [0.29, 0.717) is 13.1 Å². The van der Waals surface area contributed by atoms with Gasteiger partial charge in [-0.15, -0.1) is 11.8 Å². The van der Waals surface area contributed by atoms with Gasteiger partial charge < -0.3 is 10.2 Å². The first-order chi connectivity index (χ1) is 12.2. The van der Waals surface area contributed by atoms with Crippen molar-refractivity contribution in [3.05, 3.63) is 60.2 Å². The quantitative estimate of drug-likeness (QED) is 0.811. The van der Waals surface area contributed by atoms with Crippen molar-refractivity contribution >= 4 is 29.3 Å². The molecule has 1 saturated heterocycles. The van der Waals surface area contributed by atoms with Crippen LogP contribution in [0.4, 0.5) is 5.69 Å². The summed E-state index contributed by atoms with van der Waals surface area (Å²) >= 11 is 1.67. The Morgan fingerprint density at radius 3 is 2.56 bits per heavy atom. The number of nitrogens with zero attached hydrogens (tertiary/aromatic N) is 1. The number of carbonyl (C=O) groups is 2. The predicted molar refractivity (Wildman–Crippen MR) is 102 cm³/mol. The summed E-state index contributed by atoms with van der Waals surface area (Å²) in [7, 11) is 0. The Bertz CT molecular complexity index is 731. The van der Waals surface area contributed by atoms with E-state index in [4.69, 9.17) is 0 Å². The smallest absolute Gasteiger partial charge is 0.227 e. The number of hydrogen-bond acceptors (Lipinski definition) is 3. The average molecular weight is 354 g/mol. The molecule has 2 aromatic carbocycles. The predicted octanol–water partition coefficient (Wildman–Crippen LogP) is 3.12. The van der Waals surface area contributed by atoms with E-state index in [2.05, 4.69) is 5.32 Å². The van der Waals surface area contributed by atoms with Crippen LogP contribution in [0.25, 0.3) is 0 Å². The van der Waals surface area contributed by atoms with Gasteiger partial charge in [-0.3, -0.25) is 9.59 Å². The molecule has 0 aromatic heterocycles. The molecule has 5 heteroatoms. The molecular weight excluding hydrogens is 332 g/mol. The first-order valence-electron chi connectivity index (χ1n) is 8.43. The highest BCUT2D eigenvalue weighted by atomic mass is 32.2. The van der Waals surface area contributed by atoms with Gasteiger partial charge in [0, 0.05) is 30.1 Å². The van der Waals surface area contributed by atoms with Crippen LogP contribution < -0.4 is 10.2 Å². The molecule has 1 aliphatic rings. The van der Waals surface area contributed by atoms with E-state index in [9.17, 15) is 9.59 Å². The maximum absolute atomic E-state index is 12.4. The first-order valence-corrected chi connectivity index (χ1v) is 9.66. The minimum absolute atomic E-state index is 0.0140. The molecule has 2 amide bonds. The van der Waals surface area contributed by atoms with E-state index in [1.807, 2.05) is 60.9 Å². The molecule has 1 heterocycles. The van der Waals surface area contributed by atoms with Crippen molar-refractivity contribution in [3.8, 4) is 0 Å².